The molecule has 1 N–H and O–H groups in total. The fraction of sp³-hybridized carbons (Fsp3) is 0.250. The number of benzene rings is 2. The van der Waals surface area contributed by atoms with Gasteiger partial charge in [-0.15, -0.1) is 0 Å². The van der Waals surface area contributed by atoms with Crippen LogP contribution in [0, 0.1) is 24.4 Å². The number of nitrogens with zero attached hydrogens (tertiary/aromatic N) is 2. The van der Waals surface area contributed by atoms with Crippen LogP contribution in [0.25, 0.3) is 5.69 Å². The number of ether oxygens (including phenoxy) is 1. The third kappa shape index (κ3) is 3.98. The van der Waals surface area contributed by atoms with Crippen molar-refractivity contribution >= 4 is 0 Å². The summed E-state index contributed by atoms with van der Waals surface area (Å²) in [5.74, 6) is -1.22. The Balaban J connectivity index is 1.76. The molecule has 0 spiro atoms. The van der Waals surface area contributed by atoms with Gasteiger partial charge in [0.25, 0.3) is 0 Å². The van der Waals surface area contributed by atoms with E-state index in [0.717, 1.165) is 17.3 Å². The molecule has 0 saturated carbocycles. The first-order valence-electron chi connectivity index (χ1n) is 8.46. The van der Waals surface area contributed by atoms with Crippen molar-refractivity contribution in [2.75, 3.05) is 7.11 Å². The van der Waals surface area contributed by atoms with Gasteiger partial charge in [-0.2, -0.15) is 5.10 Å². The fourth-order valence-corrected chi connectivity index (χ4v) is 2.91. The lowest BCUT2D eigenvalue weighted by atomic mass is 10.1. The van der Waals surface area contributed by atoms with Crippen molar-refractivity contribution in [3.63, 3.8) is 0 Å². The maximum Gasteiger partial charge on any atom is 0.151 e. The van der Waals surface area contributed by atoms with Crippen LogP contribution in [0.1, 0.15) is 29.8 Å². The first-order chi connectivity index (χ1) is 12.9. The molecule has 0 amide bonds. The average molecular weight is 375 g/mol. The molecule has 7 heteroatoms. The van der Waals surface area contributed by atoms with Crippen LogP contribution in [0.15, 0.2) is 42.6 Å². The zero-order chi connectivity index (χ0) is 19.6. The molecule has 3 rings (SSSR count). The van der Waals surface area contributed by atoms with Crippen molar-refractivity contribution in [3.05, 3.63) is 76.9 Å². The largest absolute Gasteiger partial charge is 0.497 e. The number of methoxy groups -OCH3 is 1. The number of hydrogen-bond donors (Lipinski definition) is 1. The summed E-state index contributed by atoms with van der Waals surface area (Å²) in [6.07, 6.45) is 1.63. The Kier molecular flexibility index (Phi) is 5.51. The van der Waals surface area contributed by atoms with Gasteiger partial charge < -0.3 is 10.1 Å². The lowest BCUT2D eigenvalue weighted by Gasteiger charge is -2.15. The lowest BCUT2D eigenvalue weighted by molar-refractivity contribution is 0.410. The highest BCUT2D eigenvalue weighted by atomic mass is 19.1. The van der Waals surface area contributed by atoms with Gasteiger partial charge in [-0.25, -0.2) is 17.9 Å². The topological polar surface area (TPSA) is 39.1 Å². The van der Waals surface area contributed by atoms with E-state index in [4.69, 9.17) is 4.74 Å². The quantitative estimate of drug-likeness (QED) is 0.692. The third-order valence-corrected chi connectivity index (χ3v) is 4.51. The minimum atomic E-state index is -0.686. The first kappa shape index (κ1) is 19.0. The van der Waals surface area contributed by atoms with Gasteiger partial charge in [-0.3, -0.25) is 0 Å². The second-order valence-corrected chi connectivity index (χ2v) is 6.25. The average Bonchev–Trinajstić information content (AvgIpc) is 3.01. The van der Waals surface area contributed by atoms with Crippen molar-refractivity contribution in [3.8, 4) is 11.4 Å². The molecule has 1 heterocycles. The van der Waals surface area contributed by atoms with Gasteiger partial charge in [-0.05, 0) is 32.0 Å². The Morgan fingerprint density at radius 3 is 2.56 bits per heavy atom. The minimum absolute atomic E-state index is 0.149. The van der Waals surface area contributed by atoms with Crippen molar-refractivity contribution in [2.45, 2.75) is 26.4 Å². The van der Waals surface area contributed by atoms with Crippen LogP contribution in [0.5, 0.6) is 5.75 Å². The second-order valence-electron chi connectivity index (χ2n) is 6.25. The summed E-state index contributed by atoms with van der Waals surface area (Å²) in [7, 11) is 1.49. The van der Waals surface area contributed by atoms with Crippen molar-refractivity contribution in [1.29, 1.82) is 0 Å². The molecule has 27 heavy (non-hydrogen) atoms. The van der Waals surface area contributed by atoms with Crippen LogP contribution < -0.4 is 10.1 Å². The summed E-state index contributed by atoms with van der Waals surface area (Å²) < 4.78 is 47.6. The third-order valence-electron chi connectivity index (χ3n) is 4.51. The van der Waals surface area contributed by atoms with Crippen LogP contribution in [-0.4, -0.2) is 16.9 Å². The van der Waals surface area contributed by atoms with Gasteiger partial charge in [0.15, 0.2) is 5.82 Å². The molecule has 0 radical (unpaired) electrons. The summed E-state index contributed by atoms with van der Waals surface area (Å²) in [4.78, 5) is 0. The molecule has 4 nitrogen and oxygen atoms in total. The van der Waals surface area contributed by atoms with E-state index in [1.165, 1.54) is 30.0 Å². The van der Waals surface area contributed by atoms with Gasteiger partial charge in [0.1, 0.15) is 23.1 Å². The van der Waals surface area contributed by atoms with Crippen LogP contribution in [0.4, 0.5) is 13.2 Å². The standard InChI is InChI=1S/C20H20F3N3O/c1-12(24-10-14-4-6-16(27-3)9-18(14)22)17-11-25-26(13(17)2)20-7-5-15(21)8-19(20)23/h4-9,11-12,24H,10H2,1-3H3/t12-/m1/s1. The van der Waals surface area contributed by atoms with Crippen LogP contribution >= 0.6 is 0 Å². The first-order valence-corrected chi connectivity index (χ1v) is 8.46. The van der Waals surface area contributed by atoms with Gasteiger partial charge in [0, 0.05) is 41.5 Å². The molecule has 0 aliphatic carbocycles. The number of rotatable bonds is 6. The SMILES string of the molecule is COc1ccc(CN[C@H](C)c2cnn(-c3ccc(F)cc3F)c2C)c(F)c1. The fourth-order valence-electron chi connectivity index (χ4n) is 2.91. The van der Waals surface area contributed by atoms with E-state index in [1.807, 2.05) is 6.92 Å². The van der Waals surface area contributed by atoms with E-state index in [2.05, 4.69) is 10.4 Å². The normalized spacial score (nSPS) is 12.2. The molecule has 0 aliphatic heterocycles. The van der Waals surface area contributed by atoms with Crippen molar-refractivity contribution < 1.29 is 17.9 Å². The Hall–Kier alpha value is -2.80. The highest BCUT2D eigenvalue weighted by Crippen LogP contribution is 2.23. The number of halogens is 3. The molecule has 0 fully saturated rings. The maximum absolute atomic E-state index is 14.1. The van der Waals surface area contributed by atoms with E-state index in [-0.39, 0.29) is 17.5 Å². The smallest absolute Gasteiger partial charge is 0.151 e. The van der Waals surface area contributed by atoms with Crippen LogP contribution in [0.3, 0.4) is 0 Å². The van der Waals surface area contributed by atoms with Crippen LogP contribution in [-0.2, 0) is 6.54 Å². The molecule has 1 atom stereocenters. The molecule has 2 aromatic carbocycles. The number of hydrogen-bond acceptors (Lipinski definition) is 3. The number of nitrogens with one attached hydrogen (secondary N) is 1. The Labute approximate surface area is 155 Å². The Bertz CT molecular complexity index is 956. The monoisotopic (exact) mass is 375 g/mol. The Morgan fingerprint density at radius 1 is 1.11 bits per heavy atom. The molecule has 0 aliphatic rings. The summed E-state index contributed by atoms with van der Waals surface area (Å²) in [5, 5.41) is 7.45. The van der Waals surface area contributed by atoms with Gasteiger partial charge >= 0.3 is 0 Å². The summed E-state index contributed by atoms with van der Waals surface area (Å²) in [6.45, 7) is 4.03. The van der Waals surface area contributed by atoms with Crippen molar-refractivity contribution in [2.24, 2.45) is 0 Å². The highest BCUT2D eigenvalue weighted by molar-refractivity contribution is 5.37. The van der Waals surface area contributed by atoms with E-state index < -0.39 is 11.6 Å². The van der Waals surface area contributed by atoms with Crippen LogP contribution in [0.2, 0.25) is 0 Å². The summed E-state index contributed by atoms with van der Waals surface area (Å²) >= 11 is 0. The predicted molar refractivity (Wildman–Crippen MR) is 96.4 cm³/mol. The van der Waals surface area contributed by atoms with Gasteiger partial charge in [0.05, 0.1) is 13.3 Å². The molecule has 0 bridgehead atoms. The minimum Gasteiger partial charge on any atom is -0.497 e. The second kappa shape index (κ2) is 7.84. The Morgan fingerprint density at radius 2 is 1.89 bits per heavy atom. The lowest BCUT2D eigenvalue weighted by Crippen LogP contribution is -2.19. The van der Waals surface area contributed by atoms with E-state index >= 15 is 0 Å². The van der Waals surface area contributed by atoms with E-state index in [0.29, 0.717) is 17.9 Å². The number of aromatic nitrogens is 2. The predicted octanol–water partition coefficient (Wildman–Crippen LogP) is 4.46. The molecule has 0 unspecified atom stereocenters. The van der Waals surface area contributed by atoms with Crippen molar-refractivity contribution in [1.82, 2.24) is 15.1 Å². The van der Waals surface area contributed by atoms with Gasteiger partial charge in [-0.1, -0.05) is 6.07 Å². The summed E-state index contributed by atoms with van der Waals surface area (Å²) in [5.41, 5.74) is 2.24. The van der Waals surface area contributed by atoms with Gasteiger partial charge in [0.2, 0.25) is 0 Å². The zero-order valence-electron chi connectivity index (χ0n) is 15.3. The molecule has 142 valence electrons. The highest BCUT2D eigenvalue weighted by Gasteiger charge is 2.17. The molecule has 3 aromatic rings. The maximum atomic E-state index is 14.1. The van der Waals surface area contributed by atoms with E-state index in [1.54, 1.807) is 25.3 Å². The molecular formula is C20H20F3N3O. The molecule has 1 aromatic heterocycles. The molecule has 0 saturated heterocycles. The molecular weight excluding hydrogens is 355 g/mol. The van der Waals surface area contributed by atoms with E-state index in [9.17, 15) is 13.2 Å². The summed E-state index contributed by atoms with van der Waals surface area (Å²) in [6, 6.07) is 7.91. The zero-order valence-corrected chi connectivity index (χ0v) is 15.3.